The predicted molar refractivity (Wildman–Crippen MR) is 67.4 cm³/mol. The number of nitrogen functional groups attached to an aromatic ring is 1. The SMILES string of the molecule is CN(C)CCCc1nc2cc(N)ccc2[nH]1. The summed E-state index contributed by atoms with van der Waals surface area (Å²) in [6.45, 7) is 1.08. The first-order valence-electron chi connectivity index (χ1n) is 5.54. The molecule has 1 heterocycles. The molecule has 16 heavy (non-hydrogen) atoms. The second-order valence-electron chi connectivity index (χ2n) is 4.37. The molecule has 0 aliphatic carbocycles. The molecule has 0 amide bonds. The van der Waals surface area contributed by atoms with Crippen LogP contribution in [0.15, 0.2) is 18.2 Å². The number of nitrogens with one attached hydrogen (secondary N) is 1. The molecule has 0 saturated carbocycles. The van der Waals surface area contributed by atoms with Gasteiger partial charge in [-0.15, -0.1) is 0 Å². The normalized spacial score (nSPS) is 11.4. The number of imidazole rings is 1. The summed E-state index contributed by atoms with van der Waals surface area (Å²) in [7, 11) is 4.17. The summed E-state index contributed by atoms with van der Waals surface area (Å²) in [5.41, 5.74) is 8.50. The molecule has 0 bridgehead atoms. The Labute approximate surface area is 95.5 Å². The Morgan fingerprint density at radius 3 is 2.94 bits per heavy atom. The first kappa shape index (κ1) is 11.0. The molecule has 0 saturated heterocycles. The minimum absolute atomic E-state index is 0.763. The fourth-order valence-corrected chi connectivity index (χ4v) is 1.76. The largest absolute Gasteiger partial charge is 0.399 e. The highest BCUT2D eigenvalue weighted by Gasteiger charge is 2.02. The number of anilines is 1. The first-order valence-corrected chi connectivity index (χ1v) is 5.54. The van der Waals surface area contributed by atoms with Gasteiger partial charge in [-0.25, -0.2) is 4.98 Å². The van der Waals surface area contributed by atoms with Gasteiger partial charge in [0.2, 0.25) is 0 Å². The van der Waals surface area contributed by atoms with Crippen LogP contribution in [0.4, 0.5) is 5.69 Å². The van der Waals surface area contributed by atoms with Gasteiger partial charge < -0.3 is 15.6 Å². The van der Waals surface area contributed by atoms with E-state index < -0.39 is 0 Å². The molecular formula is C12H18N4. The summed E-state index contributed by atoms with van der Waals surface area (Å²) in [5, 5.41) is 0. The molecule has 0 fully saturated rings. The van der Waals surface area contributed by atoms with Crippen LogP contribution in [0.1, 0.15) is 12.2 Å². The summed E-state index contributed by atoms with van der Waals surface area (Å²) in [6.07, 6.45) is 2.09. The molecule has 2 aromatic rings. The molecule has 86 valence electrons. The maximum atomic E-state index is 5.71. The molecule has 0 radical (unpaired) electrons. The van der Waals surface area contributed by atoms with Crippen LogP contribution in [0.2, 0.25) is 0 Å². The van der Waals surface area contributed by atoms with Gasteiger partial charge in [0, 0.05) is 12.1 Å². The van der Waals surface area contributed by atoms with Crippen LogP contribution in [0.5, 0.6) is 0 Å². The number of aromatic nitrogens is 2. The second kappa shape index (κ2) is 4.53. The van der Waals surface area contributed by atoms with Crippen LogP contribution in [0, 0.1) is 0 Å². The van der Waals surface area contributed by atoms with E-state index in [-0.39, 0.29) is 0 Å². The van der Waals surface area contributed by atoms with Crippen LogP contribution in [-0.2, 0) is 6.42 Å². The maximum Gasteiger partial charge on any atom is 0.107 e. The number of aryl methyl sites for hydroxylation is 1. The number of aromatic amines is 1. The van der Waals surface area contributed by atoms with Gasteiger partial charge in [0.25, 0.3) is 0 Å². The highest BCUT2D eigenvalue weighted by molar-refractivity contribution is 5.78. The Hall–Kier alpha value is -1.55. The number of hydrogen-bond donors (Lipinski definition) is 2. The predicted octanol–water partition coefficient (Wildman–Crippen LogP) is 1.64. The molecule has 0 aliphatic heterocycles. The fourth-order valence-electron chi connectivity index (χ4n) is 1.76. The minimum Gasteiger partial charge on any atom is -0.399 e. The standard InChI is InChI=1S/C12H18N4/c1-16(2)7-3-4-12-14-10-6-5-9(13)8-11(10)15-12/h5-6,8H,3-4,7,13H2,1-2H3,(H,14,15). The summed E-state index contributed by atoms with van der Waals surface area (Å²) < 4.78 is 0. The average Bonchev–Trinajstić information content (AvgIpc) is 2.58. The van der Waals surface area contributed by atoms with E-state index in [1.807, 2.05) is 18.2 Å². The van der Waals surface area contributed by atoms with Crippen molar-refractivity contribution in [1.29, 1.82) is 0 Å². The quantitative estimate of drug-likeness (QED) is 0.767. The number of hydrogen-bond acceptors (Lipinski definition) is 3. The van der Waals surface area contributed by atoms with Gasteiger partial charge in [-0.1, -0.05) is 0 Å². The van der Waals surface area contributed by atoms with Crippen molar-refractivity contribution in [2.75, 3.05) is 26.4 Å². The van der Waals surface area contributed by atoms with Crippen molar-refractivity contribution in [1.82, 2.24) is 14.9 Å². The average molecular weight is 218 g/mol. The van der Waals surface area contributed by atoms with Crippen molar-refractivity contribution in [3.8, 4) is 0 Å². The number of rotatable bonds is 4. The van der Waals surface area contributed by atoms with Crippen LogP contribution >= 0.6 is 0 Å². The molecule has 0 aliphatic rings. The van der Waals surface area contributed by atoms with Crippen molar-refractivity contribution in [2.24, 2.45) is 0 Å². The third kappa shape index (κ3) is 2.52. The summed E-state index contributed by atoms with van der Waals surface area (Å²) in [4.78, 5) is 10.0. The Kier molecular flexibility index (Phi) is 3.10. The lowest BCUT2D eigenvalue weighted by atomic mass is 10.3. The minimum atomic E-state index is 0.763. The summed E-state index contributed by atoms with van der Waals surface area (Å²) >= 11 is 0. The van der Waals surface area contributed by atoms with Crippen molar-refractivity contribution < 1.29 is 0 Å². The van der Waals surface area contributed by atoms with Gasteiger partial charge in [-0.2, -0.15) is 0 Å². The van der Waals surface area contributed by atoms with Gasteiger partial charge in [0.05, 0.1) is 11.0 Å². The highest BCUT2D eigenvalue weighted by atomic mass is 15.0. The molecule has 4 nitrogen and oxygen atoms in total. The van der Waals surface area contributed by atoms with Gasteiger partial charge in [0.15, 0.2) is 0 Å². The number of H-pyrrole nitrogens is 1. The van der Waals surface area contributed by atoms with Crippen LogP contribution in [-0.4, -0.2) is 35.5 Å². The zero-order chi connectivity index (χ0) is 11.5. The molecule has 0 unspecified atom stereocenters. The fraction of sp³-hybridized carbons (Fsp3) is 0.417. The first-order chi connectivity index (χ1) is 7.65. The highest BCUT2D eigenvalue weighted by Crippen LogP contribution is 2.15. The lowest BCUT2D eigenvalue weighted by Gasteiger charge is -2.07. The van der Waals surface area contributed by atoms with Crippen molar-refractivity contribution >= 4 is 16.7 Å². The van der Waals surface area contributed by atoms with Crippen molar-refractivity contribution in [2.45, 2.75) is 12.8 Å². The van der Waals surface area contributed by atoms with E-state index >= 15 is 0 Å². The topological polar surface area (TPSA) is 57.9 Å². The van der Waals surface area contributed by atoms with Gasteiger partial charge in [0.1, 0.15) is 5.82 Å². The van der Waals surface area contributed by atoms with Crippen LogP contribution in [0.3, 0.4) is 0 Å². The van der Waals surface area contributed by atoms with Crippen molar-refractivity contribution in [3.05, 3.63) is 24.0 Å². The molecule has 1 aromatic heterocycles. The monoisotopic (exact) mass is 218 g/mol. The molecule has 3 N–H and O–H groups in total. The third-order valence-electron chi connectivity index (χ3n) is 2.58. The van der Waals surface area contributed by atoms with E-state index in [1.54, 1.807) is 0 Å². The molecule has 2 rings (SSSR count). The third-order valence-corrected chi connectivity index (χ3v) is 2.58. The lowest BCUT2D eigenvalue weighted by molar-refractivity contribution is 0.399. The molecular weight excluding hydrogens is 200 g/mol. The van der Waals surface area contributed by atoms with E-state index in [0.29, 0.717) is 0 Å². The number of nitrogens with two attached hydrogens (primary N) is 1. The summed E-state index contributed by atoms with van der Waals surface area (Å²) in [6, 6.07) is 5.78. The van der Waals surface area contributed by atoms with Crippen molar-refractivity contribution in [3.63, 3.8) is 0 Å². The molecule has 0 spiro atoms. The zero-order valence-electron chi connectivity index (χ0n) is 9.83. The van der Waals surface area contributed by atoms with Gasteiger partial charge >= 0.3 is 0 Å². The van der Waals surface area contributed by atoms with E-state index in [1.165, 1.54) is 0 Å². The van der Waals surface area contributed by atoms with E-state index in [0.717, 1.165) is 41.9 Å². The van der Waals surface area contributed by atoms with Gasteiger partial charge in [-0.3, -0.25) is 0 Å². The van der Waals surface area contributed by atoms with E-state index in [9.17, 15) is 0 Å². The van der Waals surface area contributed by atoms with E-state index in [2.05, 4.69) is 29.0 Å². The maximum absolute atomic E-state index is 5.71. The molecule has 1 aromatic carbocycles. The Morgan fingerprint density at radius 1 is 1.38 bits per heavy atom. The lowest BCUT2D eigenvalue weighted by Crippen LogP contribution is -2.13. The summed E-state index contributed by atoms with van der Waals surface area (Å²) in [5.74, 6) is 1.04. The van der Waals surface area contributed by atoms with Gasteiger partial charge in [-0.05, 0) is 45.3 Å². The smallest absolute Gasteiger partial charge is 0.107 e. The Bertz CT molecular complexity index is 473. The number of benzene rings is 1. The van der Waals surface area contributed by atoms with Crippen LogP contribution in [0.25, 0.3) is 11.0 Å². The molecule has 4 heteroatoms. The molecule has 0 atom stereocenters. The second-order valence-corrected chi connectivity index (χ2v) is 4.37. The zero-order valence-corrected chi connectivity index (χ0v) is 9.83. The number of fused-ring (bicyclic) bond motifs is 1. The Morgan fingerprint density at radius 2 is 2.19 bits per heavy atom. The van der Waals surface area contributed by atoms with Crippen LogP contribution < -0.4 is 5.73 Å². The van der Waals surface area contributed by atoms with E-state index in [4.69, 9.17) is 5.73 Å². The number of nitrogens with zero attached hydrogens (tertiary/aromatic N) is 2. The Balaban J connectivity index is 2.08.